The molecule has 6 heteroatoms. The Morgan fingerprint density at radius 3 is 2.25 bits per heavy atom. The second kappa shape index (κ2) is 9.75. The highest BCUT2D eigenvalue weighted by atomic mass is 16.4. The van der Waals surface area contributed by atoms with Crippen molar-refractivity contribution >= 4 is 23.2 Å². The monoisotopic (exact) mass is 424 g/mol. The number of carbonyl (C=O) groups is 1. The van der Waals surface area contributed by atoms with Crippen LogP contribution in [0.15, 0.2) is 97.3 Å². The number of hydrogen-bond donors (Lipinski definition) is 2. The first-order valence-electron chi connectivity index (χ1n) is 10.4. The maximum Gasteiger partial charge on any atom is 0.326 e. The van der Waals surface area contributed by atoms with Gasteiger partial charge in [0.25, 0.3) is 0 Å². The van der Waals surface area contributed by atoms with Crippen molar-refractivity contribution in [3.63, 3.8) is 0 Å². The lowest BCUT2D eigenvalue weighted by Crippen LogP contribution is -2.36. The van der Waals surface area contributed by atoms with Crippen molar-refractivity contribution in [2.24, 2.45) is 0 Å². The molecule has 0 radical (unpaired) electrons. The van der Waals surface area contributed by atoms with Crippen molar-refractivity contribution in [3.05, 3.63) is 103 Å². The van der Waals surface area contributed by atoms with Crippen LogP contribution in [0.1, 0.15) is 12.5 Å². The molecule has 0 saturated carbocycles. The highest BCUT2D eigenvalue weighted by molar-refractivity contribution is 5.82. The molecule has 160 valence electrons. The standard InChI is InChI=1S/C26H24N4O2/c1-19(26(31)32)30(23-10-6-3-7-11-23)25-16-24(28-18-29-25)21-14-12-20(13-15-21)17-27-22-8-4-2-5-9-22/h2-16,18-19,27H,17H2,1H3,(H,31,32)/t19-/m0/s1. The quantitative estimate of drug-likeness (QED) is 0.396. The maximum absolute atomic E-state index is 11.8. The highest BCUT2D eigenvalue weighted by Crippen LogP contribution is 2.29. The largest absolute Gasteiger partial charge is 0.480 e. The first kappa shape index (κ1) is 21.1. The van der Waals surface area contributed by atoms with E-state index in [4.69, 9.17) is 0 Å². The molecule has 6 nitrogen and oxygen atoms in total. The number of anilines is 3. The summed E-state index contributed by atoms with van der Waals surface area (Å²) < 4.78 is 0. The minimum atomic E-state index is -0.927. The molecule has 0 fully saturated rings. The molecule has 0 amide bonds. The number of rotatable bonds is 8. The van der Waals surface area contributed by atoms with Gasteiger partial charge in [-0.2, -0.15) is 0 Å². The molecule has 0 bridgehead atoms. The van der Waals surface area contributed by atoms with Crippen molar-refractivity contribution in [1.29, 1.82) is 0 Å². The molecule has 0 spiro atoms. The summed E-state index contributed by atoms with van der Waals surface area (Å²) in [4.78, 5) is 22.2. The SMILES string of the molecule is C[C@@H](C(=O)O)N(c1ccccc1)c1cc(-c2ccc(CNc3ccccc3)cc2)ncn1. The molecule has 2 N–H and O–H groups in total. The Morgan fingerprint density at radius 1 is 0.938 bits per heavy atom. The van der Waals surface area contributed by atoms with E-state index in [0.717, 1.165) is 34.7 Å². The predicted molar refractivity (Wildman–Crippen MR) is 127 cm³/mol. The van der Waals surface area contributed by atoms with Crippen LogP contribution < -0.4 is 10.2 Å². The highest BCUT2D eigenvalue weighted by Gasteiger charge is 2.24. The van der Waals surface area contributed by atoms with E-state index >= 15 is 0 Å². The second-order valence-electron chi connectivity index (χ2n) is 7.40. The number of para-hydroxylation sites is 2. The van der Waals surface area contributed by atoms with E-state index in [9.17, 15) is 9.90 Å². The summed E-state index contributed by atoms with van der Waals surface area (Å²) in [5.74, 6) is -0.393. The van der Waals surface area contributed by atoms with Gasteiger partial charge in [-0.05, 0) is 36.8 Å². The van der Waals surface area contributed by atoms with Crippen LogP contribution >= 0.6 is 0 Å². The van der Waals surface area contributed by atoms with E-state index < -0.39 is 12.0 Å². The van der Waals surface area contributed by atoms with Crippen molar-refractivity contribution in [1.82, 2.24) is 9.97 Å². The zero-order chi connectivity index (χ0) is 22.3. The van der Waals surface area contributed by atoms with E-state index in [2.05, 4.69) is 27.4 Å². The Kier molecular flexibility index (Phi) is 6.41. The molecule has 0 saturated heterocycles. The number of carboxylic acids is 1. The van der Waals surface area contributed by atoms with Gasteiger partial charge in [-0.25, -0.2) is 14.8 Å². The molecule has 4 rings (SSSR count). The van der Waals surface area contributed by atoms with Crippen LogP contribution in [0.2, 0.25) is 0 Å². The van der Waals surface area contributed by atoms with E-state index in [1.165, 1.54) is 6.33 Å². The number of nitrogens with one attached hydrogen (secondary N) is 1. The molecule has 4 aromatic rings. The zero-order valence-corrected chi connectivity index (χ0v) is 17.7. The Morgan fingerprint density at radius 2 is 1.59 bits per heavy atom. The van der Waals surface area contributed by atoms with Crippen LogP contribution in [-0.4, -0.2) is 27.1 Å². The minimum absolute atomic E-state index is 0.533. The van der Waals surface area contributed by atoms with Gasteiger partial charge in [-0.15, -0.1) is 0 Å². The first-order chi connectivity index (χ1) is 15.6. The number of aromatic nitrogens is 2. The second-order valence-corrected chi connectivity index (χ2v) is 7.40. The molecular formula is C26H24N4O2. The van der Waals surface area contributed by atoms with Gasteiger partial charge in [-0.1, -0.05) is 60.7 Å². The van der Waals surface area contributed by atoms with Gasteiger partial charge in [0.05, 0.1) is 5.69 Å². The van der Waals surface area contributed by atoms with Gasteiger partial charge >= 0.3 is 5.97 Å². The summed E-state index contributed by atoms with van der Waals surface area (Å²) in [5, 5.41) is 13.0. The lowest BCUT2D eigenvalue weighted by atomic mass is 10.1. The van der Waals surface area contributed by atoms with Crippen LogP contribution in [0.4, 0.5) is 17.2 Å². The minimum Gasteiger partial charge on any atom is -0.480 e. The Labute approximate surface area is 187 Å². The van der Waals surface area contributed by atoms with Crippen LogP contribution in [0, 0.1) is 0 Å². The van der Waals surface area contributed by atoms with Gasteiger partial charge in [-0.3, -0.25) is 0 Å². The third kappa shape index (κ3) is 4.92. The number of hydrogen-bond acceptors (Lipinski definition) is 5. The summed E-state index contributed by atoms with van der Waals surface area (Å²) in [5.41, 5.74) is 4.65. The summed E-state index contributed by atoms with van der Waals surface area (Å²) in [7, 11) is 0. The average molecular weight is 425 g/mol. The summed E-state index contributed by atoms with van der Waals surface area (Å²) >= 11 is 0. The topological polar surface area (TPSA) is 78.4 Å². The smallest absolute Gasteiger partial charge is 0.326 e. The first-order valence-corrected chi connectivity index (χ1v) is 10.4. The molecule has 0 aliphatic heterocycles. The van der Waals surface area contributed by atoms with Crippen molar-refractivity contribution in [3.8, 4) is 11.3 Å². The fourth-order valence-corrected chi connectivity index (χ4v) is 3.44. The average Bonchev–Trinajstić information content (AvgIpc) is 2.85. The summed E-state index contributed by atoms with van der Waals surface area (Å²) in [6.07, 6.45) is 1.47. The molecular weight excluding hydrogens is 400 g/mol. The maximum atomic E-state index is 11.8. The molecule has 0 aliphatic rings. The number of benzene rings is 3. The lowest BCUT2D eigenvalue weighted by molar-refractivity contribution is -0.138. The van der Waals surface area contributed by atoms with Gasteiger partial charge in [0, 0.05) is 29.5 Å². The normalized spacial score (nSPS) is 11.5. The number of nitrogens with zero attached hydrogens (tertiary/aromatic N) is 3. The Hall–Kier alpha value is -4.19. The van der Waals surface area contributed by atoms with Gasteiger partial charge in [0.1, 0.15) is 18.2 Å². The molecule has 3 aromatic carbocycles. The number of carboxylic acid groups (broad SMARTS) is 1. The number of aliphatic carboxylic acids is 1. The van der Waals surface area contributed by atoms with E-state index in [0.29, 0.717) is 5.82 Å². The van der Waals surface area contributed by atoms with E-state index in [-0.39, 0.29) is 0 Å². The summed E-state index contributed by atoms with van der Waals surface area (Å²) in [6.45, 7) is 2.36. The van der Waals surface area contributed by atoms with Gasteiger partial charge in [0.2, 0.25) is 0 Å². The van der Waals surface area contributed by atoms with Crippen LogP contribution in [0.25, 0.3) is 11.3 Å². The lowest BCUT2D eigenvalue weighted by Gasteiger charge is -2.27. The fraction of sp³-hybridized carbons (Fsp3) is 0.115. The predicted octanol–water partition coefficient (Wildman–Crippen LogP) is 5.37. The van der Waals surface area contributed by atoms with Gasteiger partial charge < -0.3 is 15.3 Å². The Balaban J connectivity index is 1.57. The molecule has 1 heterocycles. The summed E-state index contributed by atoms with van der Waals surface area (Å²) in [6, 6.07) is 28.6. The molecule has 1 atom stereocenters. The van der Waals surface area contributed by atoms with E-state index in [1.54, 1.807) is 11.8 Å². The third-order valence-electron chi connectivity index (χ3n) is 5.20. The van der Waals surface area contributed by atoms with Crippen molar-refractivity contribution in [2.75, 3.05) is 10.2 Å². The van der Waals surface area contributed by atoms with Crippen LogP contribution in [0.5, 0.6) is 0 Å². The fourth-order valence-electron chi connectivity index (χ4n) is 3.44. The third-order valence-corrected chi connectivity index (χ3v) is 5.20. The van der Waals surface area contributed by atoms with Crippen LogP contribution in [-0.2, 0) is 11.3 Å². The zero-order valence-electron chi connectivity index (χ0n) is 17.7. The Bertz CT molecular complexity index is 1170. The molecule has 0 aliphatic carbocycles. The van der Waals surface area contributed by atoms with E-state index in [1.807, 2.05) is 78.9 Å². The van der Waals surface area contributed by atoms with Crippen molar-refractivity contribution < 1.29 is 9.90 Å². The van der Waals surface area contributed by atoms with Crippen molar-refractivity contribution in [2.45, 2.75) is 19.5 Å². The molecule has 0 unspecified atom stereocenters. The molecule has 32 heavy (non-hydrogen) atoms. The molecule has 1 aromatic heterocycles. The van der Waals surface area contributed by atoms with Gasteiger partial charge in [0.15, 0.2) is 0 Å². The van der Waals surface area contributed by atoms with Crippen LogP contribution in [0.3, 0.4) is 0 Å².